The fourth-order valence-corrected chi connectivity index (χ4v) is 1.77. The molecule has 0 aliphatic heterocycles. The highest BCUT2D eigenvalue weighted by Gasteiger charge is 2.26. The molecule has 2 unspecified atom stereocenters. The molecule has 0 radical (unpaired) electrons. The molecule has 0 heterocycles. The molecule has 0 spiro atoms. The molecule has 2 N–H and O–H groups in total. The largest absolute Gasteiger partial charge is 0.343 e. The molecule has 3 nitrogen and oxygen atoms in total. The lowest BCUT2D eigenvalue weighted by molar-refractivity contribution is -0.133. The number of hydrogen-bond donors (Lipinski definition) is 1. The first kappa shape index (κ1) is 16.4. The van der Waals surface area contributed by atoms with Crippen molar-refractivity contribution in [3.8, 4) is 0 Å². The van der Waals surface area contributed by atoms with Gasteiger partial charge in [0.05, 0.1) is 0 Å². The highest BCUT2D eigenvalue weighted by atomic mass is 16.2. The molecule has 1 amide bonds. The smallest absolute Gasteiger partial charge is 0.222 e. The molecule has 0 saturated carbocycles. The van der Waals surface area contributed by atoms with E-state index in [1.807, 2.05) is 11.9 Å². The molecule has 0 saturated heterocycles. The average molecular weight is 242 g/mol. The maximum absolute atomic E-state index is 12.0. The van der Waals surface area contributed by atoms with Gasteiger partial charge < -0.3 is 10.6 Å². The zero-order valence-corrected chi connectivity index (χ0v) is 12.4. The van der Waals surface area contributed by atoms with E-state index in [9.17, 15) is 4.79 Å². The molecule has 0 aliphatic rings. The second-order valence-corrected chi connectivity index (χ2v) is 6.27. The van der Waals surface area contributed by atoms with Crippen molar-refractivity contribution >= 4 is 5.91 Å². The van der Waals surface area contributed by atoms with E-state index in [-0.39, 0.29) is 17.4 Å². The van der Waals surface area contributed by atoms with Gasteiger partial charge in [-0.05, 0) is 37.6 Å². The second kappa shape index (κ2) is 7.00. The Balaban J connectivity index is 4.15. The molecule has 0 rings (SSSR count). The Labute approximate surface area is 107 Å². The summed E-state index contributed by atoms with van der Waals surface area (Å²) in [5.74, 6) is 0.790. The zero-order valence-electron chi connectivity index (χ0n) is 12.4. The average Bonchev–Trinajstić information content (AvgIpc) is 2.23. The fourth-order valence-electron chi connectivity index (χ4n) is 1.77. The molecule has 2 atom stereocenters. The van der Waals surface area contributed by atoms with E-state index in [1.165, 1.54) is 0 Å². The van der Waals surface area contributed by atoms with Crippen molar-refractivity contribution in [1.29, 1.82) is 0 Å². The first-order valence-electron chi connectivity index (χ1n) is 6.65. The molecule has 0 fully saturated rings. The summed E-state index contributed by atoms with van der Waals surface area (Å²) in [7, 11) is 1.91. The van der Waals surface area contributed by atoms with Gasteiger partial charge >= 0.3 is 0 Å². The van der Waals surface area contributed by atoms with Gasteiger partial charge in [0.25, 0.3) is 0 Å². The van der Waals surface area contributed by atoms with Crippen LogP contribution in [-0.4, -0.2) is 30.4 Å². The number of carbonyl (C=O) groups is 1. The third kappa shape index (κ3) is 6.06. The predicted molar refractivity (Wildman–Crippen MR) is 73.8 cm³/mol. The Morgan fingerprint density at radius 3 is 2.18 bits per heavy atom. The lowest BCUT2D eigenvalue weighted by Gasteiger charge is -2.35. The number of carbonyl (C=O) groups excluding carboxylic acids is 1. The summed E-state index contributed by atoms with van der Waals surface area (Å²) in [6.45, 7) is 11.5. The lowest BCUT2D eigenvalue weighted by atomic mass is 9.87. The van der Waals surface area contributed by atoms with Crippen LogP contribution >= 0.6 is 0 Å². The molecule has 0 bridgehead atoms. The molecule has 0 aromatic carbocycles. The number of amides is 1. The second-order valence-electron chi connectivity index (χ2n) is 6.27. The van der Waals surface area contributed by atoms with Gasteiger partial charge in [0, 0.05) is 19.5 Å². The van der Waals surface area contributed by atoms with E-state index in [0.29, 0.717) is 18.9 Å². The van der Waals surface area contributed by atoms with E-state index in [2.05, 4.69) is 34.6 Å². The van der Waals surface area contributed by atoms with Crippen molar-refractivity contribution in [3.63, 3.8) is 0 Å². The third-order valence-corrected chi connectivity index (χ3v) is 3.74. The number of rotatable bonds is 6. The molecular formula is C14H30N2O. The van der Waals surface area contributed by atoms with Crippen molar-refractivity contribution in [2.45, 2.75) is 59.9 Å². The van der Waals surface area contributed by atoms with Crippen molar-refractivity contribution in [2.75, 3.05) is 13.6 Å². The van der Waals surface area contributed by atoms with E-state index in [1.54, 1.807) is 0 Å². The highest BCUT2D eigenvalue weighted by Crippen LogP contribution is 2.24. The Bertz CT molecular complexity index is 233. The summed E-state index contributed by atoms with van der Waals surface area (Å²) >= 11 is 0. The van der Waals surface area contributed by atoms with Gasteiger partial charge in [-0.25, -0.2) is 0 Å². The summed E-state index contributed by atoms with van der Waals surface area (Å²) in [6.07, 6.45) is 2.58. The van der Waals surface area contributed by atoms with Crippen LogP contribution in [0.4, 0.5) is 0 Å². The summed E-state index contributed by atoms with van der Waals surface area (Å²) < 4.78 is 0. The highest BCUT2D eigenvalue weighted by molar-refractivity contribution is 5.76. The van der Waals surface area contributed by atoms with Crippen molar-refractivity contribution in [3.05, 3.63) is 0 Å². The van der Waals surface area contributed by atoms with Crippen LogP contribution in [0, 0.1) is 11.3 Å². The van der Waals surface area contributed by atoms with Crippen LogP contribution in [0.15, 0.2) is 0 Å². The minimum absolute atomic E-state index is 0.132. The molecule has 3 heteroatoms. The van der Waals surface area contributed by atoms with E-state index in [4.69, 9.17) is 5.73 Å². The lowest BCUT2D eigenvalue weighted by Crippen LogP contribution is -2.43. The predicted octanol–water partition coefficient (Wildman–Crippen LogP) is 2.64. The molecule has 0 aromatic rings. The quantitative estimate of drug-likeness (QED) is 0.778. The number of hydrogen-bond acceptors (Lipinski definition) is 2. The van der Waals surface area contributed by atoms with Gasteiger partial charge in [-0.2, -0.15) is 0 Å². The molecular weight excluding hydrogens is 212 g/mol. The van der Waals surface area contributed by atoms with Gasteiger partial charge in [-0.1, -0.05) is 27.7 Å². The van der Waals surface area contributed by atoms with E-state index < -0.39 is 0 Å². The van der Waals surface area contributed by atoms with Crippen LogP contribution in [0.2, 0.25) is 0 Å². The molecule has 17 heavy (non-hydrogen) atoms. The Morgan fingerprint density at radius 1 is 1.24 bits per heavy atom. The fraction of sp³-hybridized carbons (Fsp3) is 0.929. The standard InChI is InChI=1S/C14H30N2O/c1-11(9-10-15)7-8-13(17)16(6)12(2)14(3,4)5/h11-12H,7-10,15H2,1-6H3. The van der Waals surface area contributed by atoms with Crippen LogP contribution in [0.3, 0.4) is 0 Å². The van der Waals surface area contributed by atoms with Crippen molar-refractivity contribution < 1.29 is 4.79 Å². The summed E-state index contributed by atoms with van der Waals surface area (Å²) in [5.41, 5.74) is 5.64. The van der Waals surface area contributed by atoms with Gasteiger partial charge in [0.2, 0.25) is 5.91 Å². The van der Waals surface area contributed by atoms with Gasteiger partial charge in [-0.3, -0.25) is 4.79 Å². The van der Waals surface area contributed by atoms with Crippen LogP contribution in [0.1, 0.15) is 53.9 Å². The van der Waals surface area contributed by atoms with Crippen molar-refractivity contribution in [2.24, 2.45) is 17.1 Å². The van der Waals surface area contributed by atoms with Gasteiger partial charge in [-0.15, -0.1) is 0 Å². The maximum atomic E-state index is 12.0. The first-order chi connectivity index (χ1) is 7.70. The summed E-state index contributed by atoms with van der Waals surface area (Å²) in [6, 6.07) is 0.264. The van der Waals surface area contributed by atoms with E-state index >= 15 is 0 Å². The van der Waals surface area contributed by atoms with Crippen LogP contribution in [-0.2, 0) is 4.79 Å². The third-order valence-electron chi connectivity index (χ3n) is 3.74. The van der Waals surface area contributed by atoms with Crippen LogP contribution in [0.25, 0.3) is 0 Å². The molecule has 0 aromatic heterocycles. The van der Waals surface area contributed by atoms with Crippen LogP contribution in [0.5, 0.6) is 0 Å². The summed E-state index contributed by atoms with van der Waals surface area (Å²) in [5, 5.41) is 0. The van der Waals surface area contributed by atoms with Gasteiger partial charge in [0.1, 0.15) is 0 Å². The Hall–Kier alpha value is -0.570. The number of nitrogens with two attached hydrogens (primary N) is 1. The zero-order chi connectivity index (χ0) is 13.6. The monoisotopic (exact) mass is 242 g/mol. The Morgan fingerprint density at radius 2 is 1.76 bits per heavy atom. The summed E-state index contributed by atoms with van der Waals surface area (Å²) in [4.78, 5) is 13.9. The van der Waals surface area contributed by atoms with Crippen LogP contribution < -0.4 is 5.73 Å². The minimum atomic E-state index is 0.132. The van der Waals surface area contributed by atoms with Gasteiger partial charge in [0.15, 0.2) is 0 Å². The molecule has 0 aliphatic carbocycles. The maximum Gasteiger partial charge on any atom is 0.222 e. The first-order valence-corrected chi connectivity index (χ1v) is 6.65. The topological polar surface area (TPSA) is 46.3 Å². The SMILES string of the molecule is CC(CCN)CCC(=O)N(C)C(C)C(C)(C)C. The number of nitrogens with zero attached hydrogens (tertiary/aromatic N) is 1. The molecule has 102 valence electrons. The minimum Gasteiger partial charge on any atom is -0.343 e. The van der Waals surface area contributed by atoms with E-state index in [0.717, 1.165) is 12.8 Å². The Kier molecular flexibility index (Phi) is 6.76. The van der Waals surface area contributed by atoms with Crippen molar-refractivity contribution in [1.82, 2.24) is 4.90 Å². The normalized spacial score (nSPS) is 15.5.